The van der Waals surface area contributed by atoms with Gasteiger partial charge in [0.05, 0.1) is 0 Å². The SMILES string of the molecule is [CaH2].[CaH2].[O]=[V](=[O])[O][V](=[O])=[O]. The summed E-state index contributed by atoms with van der Waals surface area (Å²) >= 11 is -7.69. The molecule has 0 amide bonds. The maximum absolute atomic E-state index is 9.34. The van der Waals surface area contributed by atoms with E-state index in [1.54, 1.807) is 0 Å². The quantitative estimate of drug-likeness (QED) is 0.521. The molecule has 0 aliphatic carbocycles. The first kappa shape index (κ1) is 17.8. The van der Waals surface area contributed by atoms with Crippen molar-refractivity contribution in [1.29, 1.82) is 0 Å². The normalized spacial score (nSPS) is 6.22. The van der Waals surface area contributed by atoms with Crippen molar-refractivity contribution in [2.45, 2.75) is 0 Å². The van der Waals surface area contributed by atoms with Gasteiger partial charge < -0.3 is 0 Å². The zero-order chi connectivity index (χ0) is 5.86. The van der Waals surface area contributed by atoms with Crippen LogP contribution in [0.3, 0.4) is 0 Å². The van der Waals surface area contributed by atoms with Gasteiger partial charge >= 0.3 is 124 Å². The van der Waals surface area contributed by atoms with Gasteiger partial charge in [0.1, 0.15) is 0 Å². The predicted octanol–water partition coefficient (Wildman–Crippen LogP) is -2.38. The van der Waals surface area contributed by atoms with Crippen molar-refractivity contribution >= 4 is 75.5 Å². The van der Waals surface area contributed by atoms with Gasteiger partial charge in [-0.05, 0) is 0 Å². The Hall–Kier alpha value is 2.85. The van der Waals surface area contributed by atoms with Crippen molar-refractivity contribution in [3.63, 3.8) is 0 Å². The van der Waals surface area contributed by atoms with Gasteiger partial charge in [-0.15, -0.1) is 0 Å². The number of hydrogen-bond donors (Lipinski definition) is 0. The molecule has 0 bridgehead atoms. The van der Waals surface area contributed by atoms with Gasteiger partial charge in [0.2, 0.25) is 0 Å². The second-order valence-corrected chi connectivity index (χ2v) is 3.23. The van der Waals surface area contributed by atoms with Crippen LogP contribution in [0, 0.1) is 0 Å². The number of rotatable bonds is 2. The Labute approximate surface area is 121 Å². The average molecular weight is 266 g/mol. The Kier molecular flexibility index (Phi) is 21.5. The van der Waals surface area contributed by atoms with Crippen molar-refractivity contribution < 1.29 is 48.1 Å². The van der Waals surface area contributed by atoms with Crippen LogP contribution >= 0.6 is 0 Å². The molecule has 0 heterocycles. The molecule has 0 aliphatic rings. The molecular weight excluding hydrogens is 262 g/mol. The molecule has 0 N–H and O–H groups in total. The second-order valence-electron chi connectivity index (χ2n) is 0.529. The standard InChI is InChI=1S/2Ca.5O.2V.4H. The molecule has 48 valence electrons. The number of hydrogen-bond acceptors (Lipinski definition) is 5. The van der Waals surface area contributed by atoms with Crippen LogP contribution in [0.4, 0.5) is 0 Å². The van der Waals surface area contributed by atoms with Crippen molar-refractivity contribution in [2.75, 3.05) is 0 Å². The molecule has 0 aromatic carbocycles. The molecule has 0 saturated carbocycles. The summed E-state index contributed by atoms with van der Waals surface area (Å²) in [6, 6.07) is 0. The van der Waals surface area contributed by atoms with Crippen molar-refractivity contribution in [3.05, 3.63) is 0 Å². The van der Waals surface area contributed by atoms with Crippen LogP contribution in [-0.4, -0.2) is 75.5 Å². The van der Waals surface area contributed by atoms with Crippen LogP contribution in [0.15, 0.2) is 0 Å². The molecule has 0 aromatic rings. The maximum atomic E-state index is 9.34. The molecule has 9 heavy (non-hydrogen) atoms. The molecule has 0 aliphatic heterocycles. The summed E-state index contributed by atoms with van der Waals surface area (Å²) in [4.78, 5) is 0. The molecule has 0 saturated heterocycles. The van der Waals surface area contributed by atoms with Crippen molar-refractivity contribution in [2.24, 2.45) is 0 Å². The average Bonchev–Trinajstić information content (AvgIpc) is 1.27. The summed E-state index contributed by atoms with van der Waals surface area (Å²) in [5.41, 5.74) is 0. The molecule has 0 spiro atoms. The molecule has 0 aromatic heterocycles. The fourth-order valence-electron chi connectivity index (χ4n) is 0.0544. The zero-order valence-electron chi connectivity index (χ0n) is 2.94. The van der Waals surface area contributed by atoms with E-state index in [0.29, 0.717) is 0 Å². The third-order valence-corrected chi connectivity index (χ3v) is 2.27. The third-order valence-electron chi connectivity index (χ3n) is 0.133. The van der Waals surface area contributed by atoms with E-state index in [4.69, 9.17) is 0 Å². The molecule has 0 unspecified atom stereocenters. The topological polar surface area (TPSA) is 77.5 Å². The Morgan fingerprint density at radius 3 is 1.00 bits per heavy atom. The molecule has 9 heteroatoms. The van der Waals surface area contributed by atoms with Gasteiger partial charge in [-0.1, -0.05) is 0 Å². The van der Waals surface area contributed by atoms with Gasteiger partial charge in [0.25, 0.3) is 0 Å². The van der Waals surface area contributed by atoms with E-state index in [1.807, 2.05) is 0 Å². The van der Waals surface area contributed by atoms with E-state index in [0.717, 1.165) is 0 Å². The first-order valence-corrected chi connectivity index (χ1v) is 4.52. The minimum atomic E-state index is -3.84. The van der Waals surface area contributed by atoms with E-state index in [9.17, 15) is 14.7 Å². The molecule has 0 radical (unpaired) electrons. The molecule has 0 atom stereocenters. The van der Waals surface area contributed by atoms with Crippen LogP contribution in [-0.2, 0) is 48.1 Å². The van der Waals surface area contributed by atoms with E-state index in [2.05, 4.69) is 2.59 Å². The minimum absolute atomic E-state index is 0. The molecule has 0 fully saturated rings. The van der Waals surface area contributed by atoms with Gasteiger partial charge in [-0.3, -0.25) is 0 Å². The first-order chi connectivity index (χ1) is 3.13. The van der Waals surface area contributed by atoms with Crippen LogP contribution < -0.4 is 0 Å². The summed E-state index contributed by atoms with van der Waals surface area (Å²) in [7, 11) is 0. The fourth-order valence-corrected chi connectivity index (χ4v) is 0.925. The van der Waals surface area contributed by atoms with E-state index in [-0.39, 0.29) is 75.5 Å². The summed E-state index contributed by atoms with van der Waals surface area (Å²) in [6.07, 6.45) is 0. The second kappa shape index (κ2) is 10.8. The van der Waals surface area contributed by atoms with Gasteiger partial charge in [0.15, 0.2) is 0 Å². The summed E-state index contributed by atoms with van der Waals surface area (Å²) in [5, 5.41) is 0. The molecular formula is H4Ca2O5V2. The third kappa shape index (κ3) is 18.1. The molecule has 5 nitrogen and oxygen atoms in total. The van der Waals surface area contributed by atoms with Crippen molar-refractivity contribution in [1.82, 2.24) is 0 Å². The van der Waals surface area contributed by atoms with Crippen LogP contribution in [0.1, 0.15) is 0 Å². The van der Waals surface area contributed by atoms with Crippen LogP contribution in [0.2, 0.25) is 0 Å². The Balaban J connectivity index is -0.000000180. The summed E-state index contributed by atoms with van der Waals surface area (Å²) < 4.78 is 40.7. The zero-order valence-corrected chi connectivity index (χ0v) is 5.73. The van der Waals surface area contributed by atoms with E-state index in [1.165, 1.54) is 0 Å². The molecule has 0 rings (SSSR count). The van der Waals surface area contributed by atoms with Crippen LogP contribution in [0.5, 0.6) is 0 Å². The van der Waals surface area contributed by atoms with Crippen LogP contribution in [0.25, 0.3) is 0 Å². The van der Waals surface area contributed by atoms with E-state index >= 15 is 0 Å². The van der Waals surface area contributed by atoms with Gasteiger partial charge in [-0.2, -0.15) is 0 Å². The Morgan fingerprint density at radius 2 is 1.00 bits per heavy atom. The fraction of sp³-hybridized carbons (Fsp3) is 0. The summed E-state index contributed by atoms with van der Waals surface area (Å²) in [5.74, 6) is 0. The Morgan fingerprint density at radius 1 is 0.778 bits per heavy atom. The van der Waals surface area contributed by atoms with Gasteiger partial charge in [-0.25, -0.2) is 0 Å². The summed E-state index contributed by atoms with van der Waals surface area (Å²) in [6.45, 7) is 0. The predicted molar refractivity (Wildman–Crippen MR) is 20.9 cm³/mol. The van der Waals surface area contributed by atoms with E-state index < -0.39 is 30.8 Å². The monoisotopic (exact) mass is 266 g/mol. The van der Waals surface area contributed by atoms with Gasteiger partial charge in [0, 0.05) is 0 Å². The Bertz CT molecular complexity index is 141. The first-order valence-electron chi connectivity index (χ1n) is 1.10. The van der Waals surface area contributed by atoms with Crippen molar-refractivity contribution in [3.8, 4) is 0 Å².